The molecule has 0 radical (unpaired) electrons. The van der Waals surface area contributed by atoms with Gasteiger partial charge in [0.15, 0.2) is 0 Å². The highest BCUT2D eigenvalue weighted by molar-refractivity contribution is 5.39. The number of halogens is 1. The Morgan fingerprint density at radius 2 is 2.11 bits per heavy atom. The van der Waals surface area contributed by atoms with Crippen molar-refractivity contribution < 1.29 is 14.2 Å². The molecule has 0 amide bonds. The van der Waals surface area contributed by atoms with Gasteiger partial charge in [0.2, 0.25) is 0 Å². The van der Waals surface area contributed by atoms with Gasteiger partial charge in [0, 0.05) is 6.07 Å². The molecule has 0 saturated carbocycles. The molecule has 2 nitrogen and oxygen atoms in total. The number of hydrogen-bond acceptors (Lipinski definition) is 2. The van der Waals surface area contributed by atoms with Gasteiger partial charge in [-0.05, 0) is 18.6 Å². The maximum atomic E-state index is 13.5. The van der Waals surface area contributed by atoms with Crippen LogP contribution in [0.2, 0.25) is 0 Å². The van der Waals surface area contributed by atoms with Crippen molar-refractivity contribution in [1.82, 2.24) is 0 Å². The topological polar surface area (TPSA) is 29.5 Å². The third-order valence-electron chi connectivity index (χ3n) is 2.51. The van der Waals surface area contributed by atoms with Gasteiger partial charge in [0.25, 0.3) is 0 Å². The van der Waals surface area contributed by atoms with Gasteiger partial charge in [-0.15, -0.1) is 0 Å². The second-order valence-corrected chi connectivity index (χ2v) is 4.01. The molecule has 0 aliphatic carbocycles. The zero-order valence-corrected chi connectivity index (χ0v) is 10.7. The van der Waals surface area contributed by atoms with Crippen molar-refractivity contribution in [2.24, 2.45) is 0 Å². The van der Waals surface area contributed by atoms with Gasteiger partial charge in [-0.2, -0.15) is 0 Å². The summed E-state index contributed by atoms with van der Waals surface area (Å²) in [6, 6.07) is 4.60. The molecule has 0 unspecified atom stereocenters. The van der Waals surface area contributed by atoms with Gasteiger partial charge in [-0.3, -0.25) is 0 Å². The third kappa shape index (κ3) is 5.20. The molecular weight excluding hydrogens is 231 g/mol. The largest absolute Gasteiger partial charge is 0.493 e. The Labute approximate surface area is 108 Å². The average molecular weight is 250 g/mol. The van der Waals surface area contributed by atoms with E-state index in [9.17, 15) is 4.39 Å². The van der Waals surface area contributed by atoms with E-state index in [4.69, 9.17) is 9.84 Å². The molecule has 0 saturated heterocycles. The molecular formula is C15H19FO2. The van der Waals surface area contributed by atoms with Crippen LogP contribution in [0.15, 0.2) is 18.2 Å². The Morgan fingerprint density at radius 3 is 2.78 bits per heavy atom. The van der Waals surface area contributed by atoms with Gasteiger partial charge >= 0.3 is 0 Å². The quantitative estimate of drug-likeness (QED) is 0.621. The molecule has 18 heavy (non-hydrogen) atoms. The standard InChI is InChI=1S/C15H19FO2/c1-2-3-4-5-11-18-14-9-8-13(7-6-10-17)15(16)12-14/h8-9,12,17H,2-5,10-11H2,1H3. The van der Waals surface area contributed by atoms with E-state index in [1.165, 1.54) is 18.9 Å². The fourth-order valence-electron chi connectivity index (χ4n) is 1.54. The molecule has 98 valence electrons. The Balaban J connectivity index is 2.46. The minimum Gasteiger partial charge on any atom is -0.493 e. The fraction of sp³-hybridized carbons (Fsp3) is 0.467. The fourth-order valence-corrected chi connectivity index (χ4v) is 1.54. The normalized spacial score (nSPS) is 9.72. The molecule has 0 heterocycles. The Bertz CT molecular complexity index is 418. The van der Waals surface area contributed by atoms with Crippen molar-refractivity contribution in [3.05, 3.63) is 29.6 Å². The maximum absolute atomic E-state index is 13.5. The number of hydrogen-bond donors (Lipinski definition) is 1. The predicted molar refractivity (Wildman–Crippen MR) is 70.0 cm³/mol. The Kier molecular flexibility index (Phi) is 6.90. The summed E-state index contributed by atoms with van der Waals surface area (Å²) in [6.45, 7) is 2.50. The van der Waals surface area contributed by atoms with Gasteiger partial charge in [-0.1, -0.05) is 38.0 Å². The predicted octanol–water partition coefficient (Wildman–Crippen LogP) is 3.13. The van der Waals surface area contributed by atoms with Crippen molar-refractivity contribution in [1.29, 1.82) is 0 Å². The highest BCUT2D eigenvalue weighted by Gasteiger charge is 2.01. The van der Waals surface area contributed by atoms with Crippen LogP contribution >= 0.6 is 0 Å². The van der Waals surface area contributed by atoms with Crippen LogP contribution in [-0.4, -0.2) is 18.3 Å². The second kappa shape index (κ2) is 8.54. The SMILES string of the molecule is CCCCCCOc1ccc(C#CCO)c(F)c1. The first kappa shape index (κ1) is 14.5. The summed E-state index contributed by atoms with van der Waals surface area (Å²) in [4.78, 5) is 0. The van der Waals surface area contributed by atoms with Gasteiger partial charge in [0.1, 0.15) is 18.2 Å². The lowest BCUT2D eigenvalue weighted by atomic mass is 10.2. The molecule has 1 N–H and O–H groups in total. The van der Waals surface area contributed by atoms with Crippen molar-refractivity contribution in [3.63, 3.8) is 0 Å². The maximum Gasteiger partial charge on any atom is 0.142 e. The summed E-state index contributed by atoms with van der Waals surface area (Å²) in [5.74, 6) is 5.07. The van der Waals surface area contributed by atoms with Crippen LogP contribution in [0.3, 0.4) is 0 Å². The number of benzene rings is 1. The molecule has 0 atom stereocenters. The van der Waals surface area contributed by atoms with Gasteiger partial charge < -0.3 is 9.84 Å². The van der Waals surface area contributed by atoms with E-state index < -0.39 is 5.82 Å². The van der Waals surface area contributed by atoms with Gasteiger partial charge in [0.05, 0.1) is 12.2 Å². The highest BCUT2D eigenvalue weighted by Crippen LogP contribution is 2.16. The second-order valence-electron chi connectivity index (χ2n) is 4.01. The Morgan fingerprint density at radius 1 is 1.28 bits per heavy atom. The number of aliphatic hydroxyl groups is 1. The summed E-state index contributed by atoms with van der Waals surface area (Å²) >= 11 is 0. The van der Waals surface area contributed by atoms with E-state index in [2.05, 4.69) is 18.8 Å². The number of aliphatic hydroxyl groups excluding tert-OH is 1. The van der Waals surface area contributed by atoms with Crippen LogP contribution in [0.4, 0.5) is 4.39 Å². The monoisotopic (exact) mass is 250 g/mol. The van der Waals surface area contributed by atoms with Crippen LogP contribution in [0.25, 0.3) is 0 Å². The Hall–Kier alpha value is -1.53. The van der Waals surface area contributed by atoms with E-state index in [0.29, 0.717) is 12.4 Å². The lowest BCUT2D eigenvalue weighted by molar-refractivity contribution is 0.303. The summed E-state index contributed by atoms with van der Waals surface area (Å²) in [7, 11) is 0. The molecule has 0 aromatic heterocycles. The van der Waals surface area contributed by atoms with Crippen molar-refractivity contribution in [2.45, 2.75) is 32.6 Å². The minimum absolute atomic E-state index is 0.269. The van der Waals surface area contributed by atoms with Crippen LogP contribution in [0, 0.1) is 17.7 Å². The summed E-state index contributed by atoms with van der Waals surface area (Å²) in [5.41, 5.74) is 0.280. The molecule has 1 aromatic rings. The first-order valence-electron chi connectivity index (χ1n) is 6.30. The lowest BCUT2D eigenvalue weighted by Gasteiger charge is -2.06. The molecule has 1 aromatic carbocycles. The number of rotatable bonds is 6. The molecule has 0 fully saturated rings. The molecule has 0 aliphatic rings. The van der Waals surface area contributed by atoms with E-state index >= 15 is 0 Å². The molecule has 3 heteroatoms. The van der Waals surface area contributed by atoms with Crippen molar-refractivity contribution >= 4 is 0 Å². The van der Waals surface area contributed by atoms with Crippen LogP contribution in [0.5, 0.6) is 5.75 Å². The summed E-state index contributed by atoms with van der Waals surface area (Å²) < 4.78 is 19.0. The smallest absolute Gasteiger partial charge is 0.142 e. The zero-order chi connectivity index (χ0) is 13.2. The van der Waals surface area contributed by atoms with E-state index in [0.717, 1.165) is 12.8 Å². The highest BCUT2D eigenvalue weighted by atomic mass is 19.1. The summed E-state index contributed by atoms with van der Waals surface area (Å²) in [6.07, 6.45) is 4.51. The minimum atomic E-state index is -0.415. The molecule has 0 aliphatic heterocycles. The summed E-state index contributed by atoms with van der Waals surface area (Å²) in [5, 5.41) is 8.54. The first-order chi connectivity index (χ1) is 8.77. The van der Waals surface area contributed by atoms with Crippen LogP contribution < -0.4 is 4.74 Å². The number of ether oxygens (including phenoxy) is 1. The molecule has 1 rings (SSSR count). The molecule has 0 spiro atoms. The molecule has 0 bridgehead atoms. The van der Waals surface area contributed by atoms with Crippen LogP contribution in [0.1, 0.15) is 38.2 Å². The first-order valence-corrected chi connectivity index (χ1v) is 6.30. The van der Waals surface area contributed by atoms with Crippen molar-refractivity contribution in [2.75, 3.05) is 13.2 Å². The number of unbranched alkanes of at least 4 members (excludes halogenated alkanes) is 3. The van der Waals surface area contributed by atoms with E-state index in [1.807, 2.05) is 0 Å². The third-order valence-corrected chi connectivity index (χ3v) is 2.51. The van der Waals surface area contributed by atoms with E-state index in [1.54, 1.807) is 12.1 Å². The zero-order valence-electron chi connectivity index (χ0n) is 10.7. The van der Waals surface area contributed by atoms with Crippen molar-refractivity contribution in [3.8, 4) is 17.6 Å². The van der Waals surface area contributed by atoms with E-state index in [-0.39, 0.29) is 12.2 Å². The average Bonchev–Trinajstić information content (AvgIpc) is 2.37. The van der Waals surface area contributed by atoms with Crippen LogP contribution in [-0.2, 0) is 0 Å². The lowest BCUT2D eigenvalue weighted by Crippen LogP contribution is -1.98. The van der Waals surface area contributed by atoms with Gasteiger partial charge in [-0.25, -0.2) is 4.39 Å².